The van der Waals surface area contributed by atoms with Gasteiger partial charge in [-0.3, -0.25) is 0 Å². The van der Waals surface area contributed by atoms with Crippen LogP contribution < -0.4 is 10.5 Å². The number of aromatic nitrogens is 4. The number of hydrogen-bond donors (Lipinski definition) is 1. The zero-order chi connectivity index (χ0) is 14.7. The zero-order valence-electron chi connectivity index (χ0n) is 11.6. The number of para-hydroxylation sites is 1. The molecule has 1 heterocycles. The summed E-state index contributed by atoms with van der Waals surface area (Å²) in [6.07, 6.45) is 0. The van der Waals surface area contributed by atoms with E-state index in [4.69, 9.17) is 10.5 Å². The summed E-state index contributed by atoms with van der Waals surface area (Å²) in [7, 11) is 0. The van der Waals surface area contributed by atoms with Crippen LogP contribution in [0.1, 0.15) is 6.92 Å². The van der Waals surface area contributed by atoms with Gasteiger partial charge in [0.05, 0.1) is 18.0 Å². The molecule has 0 radical (unpaired) electrons. The predicted octanol–water partition coefficient (Wildman–Crippen LogP) is 2.31. The van der Waals surface area contributed by atoms with Gasteiger partial charge in [-0.25, -0.2) is 0 Å². The van der Waals surface area contributed by atoms with Gasteiger partial charge in [0.15, 0.2) is 5.82 Å². The quantitative estimate of drug-likeness (QED) is 0.742. The minimum absolute atomic E-state index is 0.567. The van der Waals surface area contributed by atoms with E-state index in [1.807, 2.05) is 55.5 Å². The number of tetrazole rings is 1. The van der Waals surface area contributed by atoms with Crippen LogP contribution in [0.3, 0.4) is 0 Å². The lowest BCUT2D eigenvalue weighted by molar-refractivity contribution is 0.342. The van der Waals surface area contributed by atoms with Crippen LogP contribution in [0.5, 0.6) is 5.75 Å². The Morgan fingerprint density at radius 2 is 1.95 bits per heavy atom. The maximum absolute atomic E-state index is 6.00. The molecule has 3 aromatic rings. The molecule has 0 unspecified atom stereocenters. The fraction of sp³-hybridized carbons (Fsp3) is 0.133. The molecule has 0 aliphatic heterocycles. The second-order valence-corrected chi connectivity index (χ2v) is 4.44. The third-order valence-electron chi connectivity index (χ3n) is 3.04. The molecule has 2 aromatic carbocycles. The molecule has 0 saturated heterocycles. The molecule has 0 saturated carbocycles. The van der Waals surface area contributed by atoms with Gasteiger partial charge in [-0.15, -0.1) is 5.10 Å². The van der Waals surface area contributed by atoms with Crippen LogP contribution in [0.15, 0.2) is 48.5 Å². The number of anilines is 1. The Labute approximate surface area is 122 Å². The van der Waals surface area contributed by atoms with E-state index in [0.29, 0.717) is 23.9 Å². The molecule has 0 aliphatic carbocycles. The molecule has 6 heteroatoms. The van der Waals surface area contributed by atoms with E-state index >= 15 is 0 Å². The van der Waals surface area contributed by atoms with Gasteiger partial charge in [0.2, 0.25) is 0 Å². The smallest absolute Gasteiger partial charge is 0.187 e. The van der Waals surface area contributed by atoms with Crippen molar-refractivity contribution in [3.8, 4) is 22.8 Å². The van der Waals surface area contributed by atoms with Crippen molar-refractivity contribution in [1.29, 1.82) is 0 Å². The first kappa shape index (κ1) is 13.1. The first-order valence-corrected chi connectivity index (χ1v) is 6.66. The summed E-state index contributed by atoms with van der Waals surface area (Å²) in [4.78, 5) is 0. The maximum Gasteiger partial charge on any atom is 0.187 e. The highest BCUT2D eigenvalue weighted by atomic mass is 16.5. The van der Waals surface area contributed by atoms with E-state index in [-0.39, 0.29) is 0 Å². The Morgan fingerprint density at radius 3 is 2.67 bits per heavy atom. The van der Waals surface area contributed by atoms with Crippen molar-refractivity contribution in [3.05, 3.63) is 48.5 Å². The van der Waals surface area contributed by atoms with Crippen LogP contribution >= 0.6 is 0 Å². The normalized spacial score (nSPS) is 10.5. The lowest BCUT2D eigenvalue weighted by atomic mass is 10.1. The van der Waals surface area contributed by atoms with Crippen LogP contribution in [-0.4, -0.2) is 26.8 Å². The van der Waals surface area contributed by atoms with Crippen molar-refractivity contribution < 1.29 is 4.74 Å². The number of nitrogen functional groups attached to an aromatic ring is 1. The zero-order valence-corrected chi connectivity index (χ0v) is 11.6. The first-order chi connectivity index (χ1) is 10.3. The Kier molecular flexibility index (Phi) is 3.51. The lowest BCUT2D eigenvalue weighted by Crippen LogP contribution is -2.01. The topological polar surface area (TPSA) is 78.9 Å². The van der Waals surface area contributed by atoms with Gasteiger partial charge in [-0.2, -0.15) is 4.68 Å². The van der Waals surface area contributed by atoms with Crippen LogP contribution in [0.25, 0.3) is 17.1 Å². The Morgan fingerprint density at radius 1 is 1.14 bits per heavy atom. The summed E-state index contributed by atoms with van der Waals surface area (Å²) >= 11 is 0. The minimum Gasteiger partial charge on any atom is -0.492 e. The van der Waals surface area contributed by atoms with Crippen molar-refractivity contribution in [2.75, 3.05) is 12.3 Å². The molecule has 0 aliphatic rings. The van der Waals surface area contributed by atoms with Crippen LogP contribution in [0.2, 0.25) is 0 Å². The summed E-state index contributed by atoms with van der Waals surface area (Å²) in [6.45, 7) is 2.49. The van der Waals surface area contributed by atoms with Gasteiger partial charge in [0.25, 0.3) is 0 Å². The molecule has 2 N–H and O–H groups in total. The number of nitrogens with zero attached hydrogens (tertiary/aromatic N) is 4. The van der Waals surface area contributed by atoms with Gasteiger partial charge in [-0.1, -0.05) is 18.2 Å². The number of hydrogen-bond acceptors (Lipinski definition) is 5. The predicted molar refractivity (Wildman–Crippen MR) is 80.2 cm³/mol. The van der Waals surface area contributed by atoms with E-state index < -0.39 is 0 Å². The van der Waals surface area contributed by atoms with Crippen molar-refractivity contribution in [1.82, 2.24) is 20.2 Å². The Balaban J connectivity index is 2.03. The van der Waals surface area contributed by atoms with Crippen molar-refractivity contribution in [2.24, 2.45) is 0 Å². The summed E-state index contributed by atoms with van der Waals surface area (Å²) in [5, 5.41) is 11.9. The molecule has 3 rings (SSSR count). The average Bonchev–Trinajstić information content (AvgIpc) is 3.00. The average molecular weight is 281 g/mol. The van der Waals surface area contributed by atoms with Gasteiger partial charge >= 0.3 is 0 Å². The third-order valence-corrected chi connectivity index (χ3v) is 3.04. The number of nitrogens with two attached hydrogens (primary N) is 1. The molecule has 106 valence electrons. The van der Waals surface area contributed by atoms with Crippen molar-refractivity contribution in [2.45, 2.75) is 6.92 Å². The van der Waals surface area contributed by atoms with Crippen molar-refractivity contribution >= 4 is 5.69 Å². The van der Waals surface area contributed by atoms with E-state index in [1.165, 1.54) is 0 Å². The number of rotatable bonds is 4. The van der Waals surface area contributed by atoms with E-state index in [2.05, 4.69) is 15.5 Å². The van der Waals surface area contributed by atoms with Crippen LogP contribution in [-0.2, 0) is 0 Å². The van der Waals surface area contributed by atoms with Crippen LogP contribution in [0.4, 0.5) is 5.69 Å². The maximum atomic E-state index is 6.00. The second kappa shape index (κ2) is 5.62. The lowest BCUT2D eigenvalue weighted by Gasteiger charge is -2.09. The number of benzene rings is 2. The third kappa shape index (κ3) is 2.55. The van der Waals surface area contributed by atoms with Gasteiger partial charge in [-0.05, 0) is 47.7 Å². The van der Waals surface area contributed by atoms with Crippen LogP contribution in [0, 0.1) is 0 Å². The fourth-order valence-electron chi connectivity index (χ4n) is 2.08. The molecule has 1 aromatic heterocycles. The SMILES string of the molecule is CCOc1ccc(-c2nnnn2-c2ccccc2)cc1N. The molecular formula is C15H15N5O. The molecule has 6 nitrogen and oxygen atoms in total. The van der Waals surface area contributed by atoms with E-state index in [9.17, 15) is 0 Å². The Bertz CT molecular complexity index is 739. The molecule has 21 heavy (non-hydrogen) atoms. The van der Waals surface area contributed by atoms with E-state index in [0.717, 1.165) is 11.3 Å². The monoisotopic (exact) mass is 281 g/mol. The highest BCUT2D eigenvalue weighted by molar-refractivity contribution is 5.67. The number of ether oxygens (including phenoxy) is 1. The van der Waals surface area contributed by atoms with Gasteiger partial charge in [0.1, 0.15) is 5.75 Å². The molecular weight excluding hydrogens is 266 g/mol. The van der Waals surface area contributed by atoms with Crippen molar-refractivity contribution in [3.63, 3.8) is 0 Å². The fourth-order valence-corrected chi connectivity index (χ4v) is 2.08. The summed E-state index contributed by atoms with van der Waals surface area (Å²) in [5.41, 5.74) is 8.30. The second-order valence-electron chi connectivity index (χ2n) is 4.44. The van der Waals surface area contributed by atoms with E-state index in [1.54, 1.807) is 4.68 Å². The molecule has 0 atom stereocenters. The summed E-state index contributed by atoms with van der Waals surface area (Å²) < 4.78 is 7.12. The molecule has 0 bridgehead atoms. The Hall–Kier alpha value is -2.89. The molecule has 0 amide bonds. The van der Waals surface area contributed by atoms with Gasteiger partial charge < -0.3 is 10.5 Å². The highest BCUT2D eigenvalue weighted by Crippen LogP contribution is 2.28. The summed E-state index contributed by atoms with van der Waals surface area (Å²) in [5.74, 6) is 1.30. The standard InChI is InChI=1S/C15H15N5O/c1-2-21-14-9-8-11(10-13(14)16)15-17-18-19-20(15)12-6-4-3-5-7-12/h3-10H,2,16H2,1H3. The first-order valence-electron chi connectivity index (χ1n) is 6.66. The molecule has 0 fully saturated rings. The minimum atomic E-state index is 0.567. The highest BCUT2D eigenvalue weighted by Gasteiger charge is 2.12. The largest absolute Gasteiger partial charge is 0.492 e. The molecule has 0 spiro atoms. The summed E-state index contributed by atoms with van der Waals surface area (Å²) in [6, 6.07) is 15.2. The van der Waals surface area contributed by atoms with Gasteiger partial charge in [0, 0.05) is 5.56 Å².